The van der Waals surface area contributed by atoms with E-state index in [9.17, 15) is 4.79 Å². The summed E-state index contributed by atoms with van der Waals surface area (Å²) in [5, 5.41) is 3.26. The molecule has 0 unspecified atom stereocenters. The molecule has 0 aromatic heterocycles. The smallest absolute Gasteiger partial charge is 0.253 e. The molecule has 0 radical (unpaired) electrons. The van der Waals surface area contributed by atoms with Crippen LogP contribution in [0.2, 0.25) is 0 Å². The normalized spacial score (nSPS) is 16.1. The molecule has 4 nitrogen and oxygen atoms in total. The number of rotatable bonds is 3. The Labute approximate surface area is 109 Å². The molecule has 0 spiro atoms. The first kappa shape index (κ1) is 13.1. The highest BCUT2D eigenvalue weighted by Crippen LogP contribution is 2.10. The molecule has 0 aliphatic carbocycles. The van der Waals surface area contributed by atoms with Gasteiger partial charge in [0.1, 0.15) is 0 Å². The van der Waals surface area contributed by atoms with Gasteiger partial charge in [-0.25, -0.2) is 0 Å². The lowest BCUT2D eigenvalue weighted by Crippen LogP contribution is -2.46. The molecule has 18 heavy (non-hydrogen) atoms. The van der Waals surface area contributed by atoms with Crippen LogP contribution in [0.5, 0.6) is 0 Å². The first-order valence-electron chi connectivity index (χ1n) is 6.40. The zero-order valence-corrected chi connectivity index (χ0v) is 11.1. The summed E-state index contributed by atoms with van der Waals surface area (Å²) in [4.78, 5) is 16.3. The van der Waals surface area contributed by atoms with E-state index in [-0.39, 0.29) is 5.91 Å². The fourth-order valence-electron chi connectivity index (χ4n) is 2.22. The summed E-state index contributed by atoms with van der Waals surface area (Å²) in [7, 11) is 4.07. The van der Waals surface area contributed by atoms with Crippen LogP contribution in [-0.2, 0) is 6.54 Å². The van der Waals surface area contributed by atoms with Gasteiger partial charge in [-0.05, 0) is 31.8 Å². The molecule has 0 saturated carbocycles. The van der Waals surface area contributed by atoms with E-state index in [0.29, 0.717) is 0 Å². The van der Waals surface area contributed by atoms with Crippen LogP contribution in [0.1, 0.15) is 15.9 Å². The van der Waals surface area contributed by atoms with Gasteiger partial charge in [0.15, 0.2) is 0 Å². The Bertz CT molecular complexity index is 411. The molecular weight excluding hydrogens is 226 g/mol. The van der Waals surface area contributed by atoms with Crippen LogP contribution in [0.3, 0.4) is 0 Å². The first-order valence-corrected chi connectivity index (χ1v) is 6.40. The van der Waals surface area contributed by atoms with Gasteiger partial charge in [-0.1, -0.05) is 12.1 Å². The number of hydrogen-bond donors (Lipinski definition) is 1. The minimum Gasteiger partial charge on any atom is -0.336 e. The summed E-state index contributed by atoms with van der Waals surface area (Å²) in [5.74, 6) is 0.150. The van der Waals surface area contributed by atoms with E-state index >= 15 is 0 Å². The van der Waals surface area contributed by atoms with E-state index < -0.39 is 0 Å². The molecule has 1 saturated heterocycles. The number of carbonyl (C=O) groups excluding carboxylic acids is 1. The number of hydrogen-bond acceptors (Lipinski definition) is 3. The molecule has 1 aliphatic heterocycles. The summed E-state index contributed by atoms with van der Waals surface area (Å²) in [6.07, 6.45) is 0. The lowest BCUT2D eigenvalue weighted by atomic mass is 10.1. The van der Waals surface area contributed by atoms with Crippen LogP contribution < -0.4 is 5.32 Å². The van der Waals surface area contributed by atoms with E-state index in [4.69, 9.17) is 0 Å². The highest BCUT2D eigenvalue weighted by Gasteiger charge is 2.17. The highest BCUT2D eigenvalue weighted by atomic mass is 16.2. The maximum Gasteiger partial charge on any atom is 0.253 e. The minimum absolute atomic E-state index is 0.150. The average Bonchev–Trinajstić information content (AvgIpc) is 2.38. The van der Waals surface area contributed by atoms with Crippen molar-refractivity contribution in [3.8, 4) is 0 Å². The Morgan fingerprint density at radius 1 is 1.33 bits per heavy atom. The van der Waals surface area contributed by atoms with Gasteiger partial charge >= 0.3 is 0 Å². The van der Waals surface area contributed by atoms with Gasteiger partial charge in [0, 0.05) is 38.3 Å². The number of piperazine rings is 1. The largest absolute Gasteiger partial charge is 0.336 e. The quantitative estimate of drug-likeness (QED) is 0.858. The molecule has 0 atom stereocenters. The topological polar surface area (TPSA) is 35.6 Å². The average molecular weight is 247 g/mol. The highest BCUT2D eigenvalue weighted by molar-refractivity contribution is 5.94. The van der Waals surface area contributed by atoms with Crippen molar-refractivity contribution < 1.29 is 4.79 Å². The lowest BCUT2D eigenvalue weighted by molar-refractivity contribution is 0.0735. The molecule has 1 fully saturated rings. The number of nitrogens with one attached hydrogen (secondary N) is 1. The molecule has 4 heteroatoms. The van der Waals surface area contributed by atoms with Crippen LogP contribution in [0, 0.1) is 0 Å². The maximum absolute atomic E-state index is 12.3. The SMILES string of the molecule is CN(C)Cc1cccc(C(=O)N2CCNCC2)c1. The van der Waals surface area contributed by atoms with Crippen molar-refractivity contribution in [1.82, 2.24) is 15.1 Å². The van der Waals surface area contributed by atoms with E-state index in [1.54, 1.807) is 0 Å². The Hall–Kier alpha value is -1.39. The second kappa shape index (κ2) is 5.98. The van der Waals surface area contributed by atoms with Gasteiger partial charge in [0.2, 0.25) is 0 Å². The summed E-state index contributed by atoms with van der Waals surface area (Å²) in [6.45, 7) is 4.25. The summed E-state index contributed by atoms with van der Waals surface area (Å²) in [6, 6.07) is 7.94. The van der Waals surface area contributed by atoms with E-state index in [0.717, 1.165) is 38.3 Å². The summed E-state index contributed by atoms with van der Waals surface area (Å²) >= 11 is 0. The molecule has 1 amide bonds. The second-order valence-corrected chi connectivity index (χ2v) is 4.98. The van der Waals surface area contributed by atoms with E-state index in [1.165, 1.54) is 5.56 Å². The van der Waals surface area contributed by atoms with Crippen molar-refractivity contribution in [3.05, 3.63) is 35.4 Å². The van der Waals surface area contributed by atoms with Crippen molar-refractivity contribution in [2.75, 3.05) is 40.3 Å². The fraction of sp³-hybridized carbons (Fsp3) is 0.500. The van der Waals surface area contributed by atoms with Gasteiger partial charge in [-0.15, -0.1) is 0 Å². The third kappa shape index (κ3) is 3.31. The van der Waals surface area contributed by atoms with Crippen LogP contribution in [0.25, 0.3) is 0 Å². The van der Waals surface area contributed by atoms with Gasteiger partial charge in [-0.2, -0.15) is 0 Å². The molecule has 1 aromatic carbocycles. The van der Waals surface area contributed by atoms with Crippen LogP contribution in [0.15, 0.2) is 24.3 Å². The summed E-state index contributed by atoms with van der Waals surface area (Å²) in [5.41, 5.74) is 1.98. The molecule has 1 aromatic rings. The maximum atomic E-state index is 12.3. The second-order valence-electron chi connectivity index (χ2n) is 4.98. The van der Waals surface area contributed by atoms with Gasteiger partial charge in [0.25, 0.3) is 5.91 Å². The minimum atomic E-state index is 0.150. The third-order valence-electron chi connectivity index (χ3n) is 3.08. The van der Waals surface area contributed by atoms with Gasteiger partial charge in [-0.3, -0.25) is 4.79 Å². The molecule has 0 bridgehead atoms. The first-order chi connectivity index (χ1) is 8.66. The van der Waals surface area contributed by atoms with Crippen molar-refractivity contribution in [1.29, 1.82) is 0 Å². The van der Waals surface area contributed by atoms with Crippen molar-refractivity contribution in [2.45, 2.75) is 6.54 Å². The number of carbonyl (C=O) groups is 1. The van der Waals surface area contributed by atoms with E-state index in [2.05, 4.69) is 16.3 Å². The molecule has 2 rings (SSSR count). The predicted molar refractivity (Wildman–Crippen MR) is 72.6 cm³/mol. The zero-order chi connectivity index (χ0) is 13.0. The number of nitrogens with zero attached hydrogens (tertiary/aromatic N) is 2. The molecule has 98 valence electrons. The predicted octanol–water partition coefficient (Wildman–Crippen LogP) is 0.794. The van der Waals surface area contributed by atoms with Crippen LogP contribution in [0.4, 0.5) is 0 Å². The van der Waals surface area contributed by atoms with Crippen LogP contribution >= 0.6 is 0 Å². The Morgan fingerprint density at radius 3 is 2.72 bits per heavy atom. The zero-order valence-electron chi connectivity index (χ0n) is 11.1. The lowest BCUT2D eigenvalue weighted by Gasteiger charge is -2.27. The van der Waals surface area contributed by atoms with Gasteiger partial charge in [0.05, 0.1) is 0 Å². The Morgan fingerprint density at radius 2 is 2.06 bits per heavy atom. The Kier molecular flexibility index (Phi) is 4.33. The van der Waals surface area contributed by atoms with Crippen molar-refractivity contribution in [2.24, 2.45) is 0 Å². The molecule has 1 aliphatic rings. The molecular formula is C14H21N3O. The number of amides is 1. The number of benzene rings is 1. The molecule has 1 heterocycles. The third-order valence-corrected chi connectivity index (χ3v) is 3.08. The van der Waals surface area contributed by atoms with Crippen molar-refractivity contribution >= 4 is 5.91 Å². The van der Waals surface area contributed by atoms with Crippen molar-refractivity contribution in [3.63, 3.8) is 0 Å². The molecule has 1 N–H and O–H groups in total. The fourth-order valence-corrected chi connectivity index (χ4v) is 2.22. The monoisotopic (exact) mass is 247 g/mol. The van der Waals surface area contributed by atoms with Crippen LogP contribution in [-0.4, -0.2) is 56.0 Å². The summed E-state index contributed by atoms with van der Waals surface area (Å²) < 4.78 is 0. The Balaban J connectivity index is 2.09. The standard InChI is InChI=1S/C14H21N3O/c1-16(2)11-12-4-3-5-13(10-12)14(18)17-8-6-15-7-9-17/h3-5,10,15H,6-9,11H2,1-2H3. The van der Waals surface area contributed by atoms with Gasteiger partial charge < -0.3 is 15.1 Å². The van der Waals surface area contributed by atoms with E-state index in [1.807, 2.05) is 37.2 Å².